The van der Waals surface area contributed by atoms with Gasteiger partial charge in [0.1, 0.15) is 17.1 Å². The molecule has 25 heavy (non-hydrogen) atoms. The third kappa shape index (κ3) is 4.07. The normalized spacial score (nSPS) is 15.8. The van der Waals surface area contributed by atoms with Gasteiger partial charge in [0.25, 0.3) is 10.0 Å². The van der Waals surface area contributed by atoms with Gasteiger partial charge < -0.3 is 9.47 Å². The summed E-state index contributed by atoms with van der Waals surface area (Å²) in [5.41, 5.74) is 1.21. The van der Waals surface area contributed by atoms with Crippen LogP contribution in [0.25, 0.3) is 0 Å². The average Bonchev–Trinajstić information content (AvgIpc) is 2.55. The van der Waals surface area contributed by atoms with Gasteiger partial charge in [0.15, 0.2) is 0 Å². The SMILES string of the molecule is CCOc1ccc(NS(=O)(=O)c2ccc3c(c2)CCC(C)(C)O3)cc1. The quantitative estimate of drug-likeness (QED) is 0.874. The highest BCUT2D eigenvalue weighted by atomic mass is 32.2. The number of aryl methyl sites for hydroxylation is 1. The van der Waals surface area contributed by atoms with Crippen molar-refractivity contribution in [2.45, 2.75) is 44.1 Å². The maximum atomic E-state index is 12.6. The van der Waals surface area contributed by atoms with Gasteiger partial charge in [-0.3, -0.25) is 4.72 Å². The van der Waals surface area contributed by atoms with Crippen LogP contribution in [0.3, 0.4) is 0 Å². The van der Waals surface area contributed by atoms with E-state index in [-0.39, 0.29) is 10.5 Å². The molecule has 0 amide bonds. The number of anilines is 1. The molecule has 134 valence electrons. The van der Waals surface area contributed by atoms with Crippen LogP contribution < -0.4 is 14.2 Å². The lowest BCUT2D eigenvalue weighted by atomic mass is 9.94. The smallest absolute Gasteiger partial charge is 0.261 e. The van der Waals surface area contributed by atoms with Gasteiger partial charge in [-0.1, -0.05) is 0 Å². The highest BCUT2D eigenvalue weighted by molar-refractivity contribution is 7.92. The number of hydrogen-bond donors (Lipinski definition) is 1. The van der Waals surface area contributed by atoms with Crippen LogP contribution in [-0.2, 0) is 16.4 Å². The zero-order valence-electron chi connectivity index (χ0n) is 14.7. The van der Waals surface area contributed by atoms with Gasteiger partial charge in [0.2, 0.25) is 0 Å². The first-order chi connectivity index (χ1) is 11.8. The van der Waals surface area contributed by atoms with Crippen LogP contribution in [0.15, 0.2) is 47.4 Å². The number of nitrogens with one attached hydrogen (secondary N) is 1. The second kappa shape index (κ2) is 6.59. The lowest BCUT2D eigenvalue weighted by molar-refractivity contribution is 0.0845. The maximum absolute atomic E-state index is 12.6. The summed E-state index contributed by atoms with van der Waals surface area (Å²) in [6.45, 7) is 6.54. The third-order valence-electron chi connectivity index (χ3n) is 4.14. The second-order valence-electron chi connectivity index (χ2n) is 6.69. The Kier molecular flexibility index (Phi) is 4.64. The summed E-state index contributed by atoms with van der Waals surface area (Å²) in [5.74, 6) is 1.47. The standard InChI is InChI=1S/C19H23NO4S/c1-4-23-16-7-5-15(6-8-16)20-25(21,22)17-9-10-18-14(13-17)11-12-19(2,3)24-18/h5-10,13,20H,4,11-12H2,1-3H3. The molecule has 2 aromatic carbocycles. The van der Waals surface area contributed by atoms with Gasteiger partial charge in [-0.15, -0.1) is 0 Å². The molecule has 0 saturated carbocycles. The molecule has 2 aromatic rings. The Morgan fingerprint density at radius 3 is 2.56 bits per heavy atom. The molecule has 3 rings (SSSR count). The first-order valence-electron chi connectivity index (χ1n) is 8.37. The van der Waals surface area contributed by atoms with E-state index < -0.39 is 10.0 Å². The van der Waals surface area contributed by atoms with Crippen molar-refractivity contribution >= 4 is 15.7 Å². The van der Waals surface area contributed by atoms with Crippen LogP contribution >= 0.6 is 0 Å². The monoisotopic (exact) mass is 361 g/mol. The molecule has 0 unspecified atom stereocenters. The first kappa shape index (κ1) is 17.6. The molecule has 1 heterocycles. The Bertz CT molecular complexity index is 857. The summed E-state index contributed by atoms with van der Waals surface area (Å²) in [6, 6.07) is 11.9. The van der Waals surface area contributed by atoms with Crippen molar-refractivity contribution in [3.05, 3.63) is 48.0 Å². The van der Waals surface area contributed by atoms with E-state index in [9.17, 15) is 8.42 Å². The van der Waals surface area contributed by atoms with Crippen LogP contribution in [0.2, 0.25) is 0 Å². The van der Waals surface area contributed by atoms with Gasteiger partial charge in [-0.2, -0.15) is 0 Å². The predicted molar refractivity (Wildman–Crippen MR) is 97.9 cm³/mol. The number of ether oxygens (including phenoxy) is 2. The topological polar surface area (TPSA) is 64.6 Å². The Labute approximate surface area is 149 Å². The Morgan fingerprint density at radius 1 is 1.16 bits per heavy atom. The molecule has 5 nitrogen and oxygen atoms in total. The Balaban J connectivity index is 1.81. The van der Waals surface area contributed by atoms with Gasteiger partial charge in [0.05, 0.1) is 11.5 Å². The van der Waals surface area contributed by atoms with E-state index in [4.69, 9.17) is 9.47 Å². The van der Waals surface area contributed by atoms with E-state index in [0.717, 1.165) is 24.2 Å². The van der Waals surface area contributed by atoms with E-state index in [2.05, 4.69) is 4.72 Å². The van der Waals surface area contributed by atoms with E-state index in [1.165, 1.54) is 0 Å². The molecule has 0 aromatic heterocycles. The number of benzene rings is 2. The van der Waals surface area contributed by atoms with E-state index >= 15 is 0 Å². The van der Waals surface area contributed by atoms with Crippen LogP contribution in [0.4, 0.5) is 5.69 Å². The molecule has 0 bridgehead atoms. The van der Waals surface area contributed by atoms with Crippen LogP contribution in [0.5, 0.6) is 11.5 Å². The van der Waals surface area contributed by atoms with Gasteiger partial charge in [-0.25, -0.2) is 8.42 Å². The van der Waals surface area contributed by atoms with Crippen molar-refractivity contribution in [2.24, 2.45) is 0 Å². The van der Waals surface area contributed by atoms with Crippen molar-refractivity contribution in [2.75, 3.05) is 11.3 Å². The summed E-state index contributed by atoms with van der Waals surface area (Å²) < 4.78 is 39.2. The molecule has 0 atom stereocenters. The van der Waals surface area contributed by atoms with E-state index in [1.807, 2.05) is 20.8 Å². The van der Waals surface area contributed by atoms with Crippen LogP contribution in [0.1, 0.15) is 32.8 Å². The lowest BCUT2D eigenvalue weighted by Gasteiger charge is -2.32. The molecule has 0 aliphatic carbocycles. The number of sulfonamides is 1. The minimum atomic E-state index is -3.65. The molecule has 0 radical (unpaired) electrons. The molecule has 1 aliphatic heterocycles. The third-order valence-corrected chi connectivity index (χ3v) is 5.52. The van der Waals surface area contributed by atoms with Gasteiger partial charge >= 0.3 is 0 Å². The average molecular weight is 361 g/mol. The van der Waals surface area contributed by atoms with Crippen molar-refractivity contribution < 1.29 is 17.9 Å². The number of rotatable bonds is 5. The van der Waals surface area contributed by atoms with E-state index in [0.29, 0.717) is 18.0 Å². The zero-order chi connectivity index (χ0) is 18.1. The molecule has 1 N–H and O–H groups in total. The predicted octanol–water partition coefficient (Wildman–Crippen LogP) is 3.99. The molecule has 0 saturated heterocycles. The fourth-order valence-electron chi connectivity index (χ4n) is 2.80. The summed E-state index contributed by atoms with van der Waals surface area (Å²) >= 11 is 0. The van der Waals surface area contributed by atoms with Crippen LogP contribution in [-0.4, -0.2) is 20.6 Å². The summed E-state index contributed by atoms with van der Waals surface area (Å²) in [4.78, 5) is 0.239. The van der Waals surface area contributed by atoms with Crippen molar-refractivity contribution in [1.82, 2.24) is 0 Å². The maximum Gasteiger partial charge on any atom is 0.261 e. The first-order valence-corrected chi connectivity index (χ1v) is 9.85. The lowest BCUT2D eigenvalue weighted by Crippen LogP contribution is -2.32. The second-order valence-corrected chi connectivity index (χ2v) is 8.38. The fourth-order valence-corrected chi connectivity index (χ4v) is 3.91. The molecular weight excluding hydrogens is 338 g/mol. The zero-order valence-corrected chi connectivity index (χ0v) is 15.5. The number of hydrogen-bond acceptors (Lipinski definition) is 4. The van der Waals surface area contributed by atoms with Crippen LogP contribution in [0, 0.1) is 0 Å². The minimum Gasteiger partial charge on any atom is -0.494 e. The molecule has 0 fully saturated rings. The van der Waals surface area contributed by atoms with Crippen molar-refractivity contribution in [1.29, 1.82) is 0 Å². The summed E-state index contributed by atoms with van der Waals surface area (Å²) in [5, 5.41) is 0. The summed E-state index contributed by atoms with van der Waals surface area (Å²) in [6.07, 6.45) is 1.66. The van der Waals surface area contributed by atoms with Crippen molar-refractivity contribution in [3.8, 4) is 11.5 Å². The highest BCUT2D eigenvalue weighted by Crippen LogP contribution is 2.34. The molecule has 0 spiro atoms. The largest absolute Gasteiger partial charge is 0.494 e. The number of fused-ring (bicyclic) bond motifs is 1. The fraction of sp³-hybridized carbons (Fsp3) is 0.368. The Hall–Kier alpha value is -2.21. The highest BCUT2D eigenvalue weighted by Gasteiger charge is 2.27. The summed E-state index contributed by atoms with van der Waals surface area (Å²) in [7, 11) is -3.65. The molecular formula is C19H23NO4S. The molecule has 1 aliphatic rings. The Morgan fingerprint density at radius 2 is 1.88 bits per heavy atom. The van der Waals surface area contributed by atoms with Gasteiger partial charge in [0, 0.05) is 5.69 Å². The molecule has 6 heteroatoms. The van der Waals surface area contributed by atoms with Gasteiger partial charge in [-0.05, 0) is 81.6 Å². The van der Waals surface area contributed by atoms with E-state index in [1.54, 1.807) is 42.5 Å². The van der Waals surface area contributed by atoms with Crippen molar-refractivity contribution in [3.63, 3.8) is 0 Å². The minimum absolute atomic E-state index is 0.214.